The molecule has 0 aromatic heterocycles. The Kier molecular flexibility index (Phi) is 4.54. The molecule has 1 aliphatic rings. The van der Waals surface area contributed by atoms with Gasteiger partial charge in [-0.3, -0.25) is 4.18 Å². The van der Waals surface area contributed by atoms with E-state index in [1.165, 1.54) is 23.3 Å². The standard InChI is InChI=1S/C10H20O2SSi/c1-4-14(5-2,6-3)10-7-8-13(11)12-9-10/h7H,4-6,8-9H2,1-3H3. The van der Waals surface area contributed by atoms with Crippen LogP contribution in [0.3, 0.4) is 0 Å². The lowest BCUT2D eigenvalue weighted by Crippen LogP contribution is -2.38. The Labute approximate surface area is 90.4 Å². The van der Waals surface area contributed by atoms with Gasteiger partial charge >= 0.3 is 0 Å². The molecule has 82 valence electrons. The van der Waals surface area contributed by atoms with Crippen LogP contribution in [0, 0.1) is 0 Å². The summed E-state index contributed by atoms with van der Waals surface area (Å²) in [5, 5.41) is 1.49. The fourth-order valence-electron chi connectivity index (χ4n) is 2.21. The minimum absolute atomic E-state index is 0.601. The predicted octanol–water partition coefficient (Wildman–Crippen LogP) is 2.65. The van der Waals surface area contributed by atoms with Gasteiger partial charge in [-0.15, -0.1) is 0 Å². The maximum Gasteiger partial charge on any atom is 0.159 e. The van der Waals surface area contributed by atoms with Crippen molar-refractivity contribution in [2.45, 2.75) is 38.9 Å². The van der Waals surface area contributed by atoms with Crippen LogP contribution in [0.15, 0.2) is 11.3 Å². The molecule has 4 heteroatoms. The SMILES string of the molecule is CC[Si](CC)(CC)C1=CCS(=O)OC1. The zero-order valence-electron chi connectivity index (χ0n) is 9.34. The van der Waals surface area contributed by atoms with Crippen LogP contribution in [0.1, 0.15) is 20.8 Å². The summed E-state index contributed by atoms with van der Waals surface area (Å²) in [6.45, 7) is 7.47. The minimum atomic E-state index is -1.24. The summed E-state index contributed by atoms with van der Waals surface area (Å²) < 4.78 is 16.3. The lowest BCUT2D eigenvalue weighted by molar-refractivity contribution is 0.385. The zero-order chi connectivity index (χ0) is 10.6. The summed E-state index contributed by atoms with van der Waals surface area (Å²) in [6, 6.07) is 3.84. The van der Waals surface area contributed by atoms with E-state index in [4.69, 9.17) is 4.18 Å². The van der Waals surface area contributed by atoms with Crippen molar-refractivity contribution in [2.24, 2.45) is 0 Å². The van der Waals surface area contributed by atoms with Crippen molar-refractivity contribution in [1.29, 1.82) is 0 Å². The molecule has 1 aliphatic heterocycles. The second-order valence-electron chi connectivity index (χ2n) is 3.80. The molecule has 0 N–H and O–H groups in total. The first-order valence-electron chi connectivity index (χ1n) is 5.39. The molecule has 1 rings (SSSR count). The van der Waals surface area contributed by atoms with Crippen LogP contribution in [-0.2, 0) is 15.3 Å². The first-order chi connectivity index (χ1) is 6.68. The van der Waals surface area contributed by atoms with Crippen molar-refractivity contribution in [2.75, 3.05) is 12.4 Å². The van der Waals surface area contributed by atoms with Gasteiger partial charge < -0.3 is 0 Å². The second kappa shape index (κ2) is 5.23. The molecule has 0 bridgehead atoms. The fourth-order valence-corrected chi connectivity index (χ4v) is 6.93. The van der Waals surface area contributed by atoms with Crippen LogP contribution in [0.5, 0.6) is 0 Å². The molecule has 0 radical (unpaired) electrons. The van der Waals surface area contributed by atoms with Crippen LogP contribution >= 0.6 is 0 Å². The van der Waals surface area contributed by atoms with Crippen molar-refractivity contribution in [3.63, 3.8) is 0 Å². The van der Waals surface area contributed by atoms with Crippen molar-refractivity contribution >= 4 is 19.2 Å². The third-order valence-electron chi connectivity index (χ3n) is 3.52. The molecule has 0 aromatic carbocycles. The van der Waals surface area contributed by atoms with E-state index in [9.17, 15) is 4.21 Å². The minimum Gasteiger partial charge on any atom is -0.286 e. The highest BCUT2D eigenvalue weighted by Gasteiger charge is 2.32. The Morgan fingerprint density at radius 3 is 2.29 bits per heavy atom. The van der Waals surface area contributed by atoms with Crippen LogP contribution < -0.4 is 0 Å². The maximum atomic E-state index is 11.1. The van der Waals surface area contributed by atoms with Gasteiger partial charge in [-0.05, 0) is 0 Å². The number of hydrogen-bond donors (Lipinski definition) is 0. The average molecular weight is 232 g/mol. The van der Waals surface area contributed by atoms with E-state index < -0.39 is 19.2 Å². The van der Waals surface area contributed by atoms with Gasteiger partial charge in [-0.1, -0.05) is 50.2 Å². The van der Waals surface area contributed by atoms with Gasteiger partial charge in [0.1, 0.15) is 0 Å². The van der Waals surface area contributed by atoms with Gasteiger partial charge in [0.2, 0.25) is 0 Å². The second-order valence-corrected chi connectivity index (χ2v) is 10.3. The van der Waals surface area contributed by atoms with Crippen molar-refractivity contribution in [3.8, 4) is 0 Å². The summed E-state index contributed by atoms with van der Waals surface area (Å²) in [5.74, 6) is 0.601. The van der Waals surface area contributed by atoms with E-state index in [2.05, 4.69) is 26.8 Å². The largest absolute Gasteiger partial charge is 0.286 e. The Bertz CT molecular complexity index is 238. The van der Waals surface area contributed by atoms with E-state index in [1.54, 1.807) is 0 Å². The number of hydrogen-bond acceptors (Lipinski definition) is 2. The molecule has 0 spiro atoms. The first-order valence-corrected chi connectivity index (χ1v) is 9.26. The molecule has 0 aliphatic carbocycles. The third kappa shape index (κ3) is 2.35. The molecule has 1 heterocycles. The molecule has 0 fully saturated rings. The van der Waals surface area contributed by atoms with Gasteiger partial charge in [0.05, 0.1) is 20.4 Å². The Morgan fingerprint density at radius 1 is 1.36 bits per heavy atom. The van der Waals surface area contributed by atoms with E-state index in [1.807, 2.05) is 0 Å². The maximum absolute atomic E-state index is 11.1. The Hall–Kier alpha value is 0.0669. The van der Waals surface area contributed by atoms with Gasteiger partial charge in [0.15, 0.2) is 11.1 Å². The lowest BCUT2D eigenvalue weighted by atomic mass is 10.5. The molecule has 0 saturated heterocycles. The fraction of sp³-hybridized carbons (Fsp3) is 0.800. The van der Waals surface area contributed by atoms with Crippen LogP contribution in [0.4, 0.5) is 0 Å². The smallest absolute Gasteiger partial charge is 0.159 e. The highest BCUT2D eigenvalue weighted by Crippen LogP contribution is 2.30. The average Bonchev–Trinajstić information content (AvgIpc) is 2.24. The predicted molar refractivity (Wildman–Crippen MR) is 64.2 cm³/mol. The van der Waals surface area contributed by atoms with Gasteiger partial charge in [-0.25, -0.2) is 4.21 Å². The van der Waals surface area contributed by atoms with Crippen LogP contribution in [-0.4, -0.2) is 24.6 Å². The summed E-state index contributed by atoms with van der Waals surface area (Å²) in [5.41, 5.74) is 0. The third-order valence-corrected chi connectivity index (χ3v) is 10.1. The molecule has 14 heavy (non-hydrogen) atoms. The van der Waals surface area contributed by atoms with Crippen LogP contribution in [0.25, 0.3) is 0 Å². The monoisotopic (exact) mass is 232 g/mol. The Morgan fingerprint density at radius 2 is 1.93 bits per heavy atom. The lowest BCUT2D eigenvalue weighted by Gasteiger charge is -2.32. The van der Waals surface area contributed by atoms with Gasteiger partial charge in [-0.2, -0.15) is 0 Å². The molecule has 1 unspecified atom stereocenters. The normalized spacial score (nSPS) is 23.4. The summed E-state index contributed by atoms with van der Waals surface area (Å²) >= 11 is -1.06. The van der Waals surface area contributed by atoms with Crippen molar-refractivity contribution in [1.82, 2.24) is 0 Å². The van der Waals surface area contributed by atoms with Gasteiger partial charge in [0.25, 0.3) is 0 Å². The molecule has 1 atom stereocenters. The first kappa shape index (κ1) is 12.1. The topological polar surface area (TPSA) is 26.3 Å². The molecule has 0 saturated carbocycles. The van der Waals surface area contributed by atoms with E-state index in [0.717, 1.165) is 0 Å². The molecule has 2 nitrogen and oxygen atoms in total. The molecule has 0 amide bonds. The molecular formula is C10H20O2SSi. The summed E-state index contributed by atoms with van der Waals surface area (Å²) in [4.78, 5) is 0. The molecule has 0 aromatic rings. The quantitative estimate of drug-likeness (QED) is 0.697. The van der Waals surface area contributed by atoms with Crippen molar-refractivity contribution in [3.05, 3.63) is 11.3 Å². The summed E-state index contributed by atoms with van der Waals surface area (Å²) in [6.07, 6.45) is 2.18. The van der Waals surface area contributed by atoms with Crippen molar-refractivity contribution < 1.29 is 8.39 Å². The highest BCUT2D eigenvalue weighted by molar-refractivity contribution is 7.80. The zero-order valence-corrected chi connectivity index (χ0v) is 11.2. The van der Waals surface area contributed by atoms with E-state index in [-0.39, 0.29) is 0 Å². The molecular weight excluding hydrogens is 212 g/mol. The highest BCUT2D eigenvalue weighted by atomic mass is 32.2. The Balaban J connectivity index is 2.83. The van der Waals surface area contributed by atoms with E-state index in [0.29, 0.717) is 12.4 Å². The van der Waals surface area contributed by atoms with Crippen LogP contribution in [0.2, 0.25) is 18.1 Å². The van der Waals surface area contributed by atoms with Gasteiger partial charge in [0, 0.05) is 0 Å². The summed E-state index contributed by atoms with van der Waals surface area (Å²) in [7, 11) is -1.24. The van der Waals surface area contributed by atoms with E-state index >= 15 is 0 Å². The number of rotatable bonds is 4.